The van der Waals surface area contributed by atoms with Crippen molar-refractivity contribution in [2.75, 3.05) is 0 Å². The first-order valence-corrected chi connectivity index (χ1v) is 7.96. The SMILES string of the molecule is CC(=O)O[C@]1(C)C[C@@H]2OC(=O)C(C)=C2C[C@@H]2[C@H]1CC[C@@]2(C)O. The van der Waals surface area contributed by atoms with E-state index in [0.29, 0.717) is 24.8 Å². The van der Waals surface area contributed by atoms with Crippen LogP contribution in [0.25, 0.3) is 0 Å². The predicted octanol–water partition coefficient (Wildman–Crippen LogP) is 2.12. The smallest absolute Gasteiger partial charge is 0.334 e. The molecule has 0 amide bonds. The molecule has 2 aliphatic carbocycles. The summed E-state index contributed by atoms with van der Waals surface area (Å²) < 4.78 is 11.2. The number of ether oxygens (including phenoxy) is 2. The van der Waals surface area contributed by atoms with Gasteiger partial charge in [-0.05, 0) is 51.5 Å². The fraction of sp³-hybridized carbons (Fsp3) is 0.765. The van der Waals surface area contributed by atoms with Crippen molar-refractivity contribution in [2.45, 2.75) is 70.7 Å². The third-order valence-electron chi connectivity index (χ3n) is 5.86. The number of hydrogen-bond donors (Lipinski definition) is 1. The Morgan fingerprint density at radius 3 is 2.68 bits per heavy atom. The number of fused-ring (bicyclic) bond motifs is 2. The van der Waals surface area contributed by atoms with Gasteiger partial charge in [0.15, 0.2) is 0 Å². The molecule has 1 heterocycles. The van der Waals surface area contributed by atoms with E-state index >= 15 is 0 Å². The third-order valence-corrected chi connectivity index (χ3v) is 5.86. The molecule has 2 fully saturated rings. The van der Waals surface area contributed by atoms with E-state index in [0.717, 1.165) is 12.0 Å². The van der Waals surface area contributed by atoms with Gasteiger partial charge in [-0.2, -0.15) is 0 Å². The van der Waals surface area contributed by atoms with Gasteiger partial charge in [-0.1, -0.05) is 0 Å². The molecule has 0 bridgehead atoms. The fourth-order valence-electron chi connectivity index (χ4n) is 4.67. The van der Waals surface area contributed by atoms with E-state index in [2.05, 4.69) is 0 Å². The van der Waals surface area contributed by atoms with Crippen LogP contribution in [0.3, 0.4) is 0 Å². The van der Waals surface area contributed by atoms with Gasteiger partial charge in [0.25, 0.3) is 0 Å². The van der Waals surface area contributed by atoms with Crippen molar-refractivity contribution in [3.63, 3.8) is 0 Å². The predicted molar refractivity (Wildman–Crippen MR) is 78.8 cm³/mol. The maximum absolute atomic E-state index is 11.9. The van der Waals surface area contributed by atoms with Crippen LogP contribution in [0.2, 0.25) is 0 Å². The van der Waals surface area contributed by atoms with E-state index < -0.39 is 11.2 Å². The van der Waals surface area contributed by atoms with Gasteiger partial charge in [0.2, 0.25) is 0 Å². The topological polar surface area (TPSA) is 72.8 Å². The molecule has 0 aromatic carbocycles. The van der Waals surface area contributed by atoms with E-state index in [4.69, 9.17) is 9.47 Å². The zero-order valence-electron chi connectivity index (χ0n) is 13.6. The zero-order valence-corrected chi connectivity index (χ0v) is 13.6. The lowest BCUT2D eigenvalue weighted by atomic mass is 9.76. The molecule has 0 radical (unpaired) electrons. The average molecular weight is 308 g/mol. The zero-order chi connectivity index (χ0) is 16.3. The number of rotatable bonds is 1. The maximum Gasteiger partial charge on any atom is 0.334 e. The van der Waals surface area contributed by atoms with Gasteiger partial charge in [0, 0.05) is 24.8 Å². The Morgan fingerprint density at radius 1 is 1.36 bits per heavy atom. The number of hydrogen-bond acceptors (Lipinski definition) is 5. The first kappa shape index (κ1) is 15.5. The van der Waals surface area contributed by atoms with Gasteiger partial charge in [0.1, 0.15) is 11.7 Å². The second-order valence-corrected chi connectivity index (χ2v) is 7.47. The second kappa shape index (κ2) is 4.82. The van der Waals surface area contributed by atoms with E-state index in [1.165, 1.54) is 6.92 Å². The van der Waals surface area contributed by atoms with Crippen molar-refractivity contribution in [1.82, 2.24) is 0 Å². The Bertz CT molecular complexity index is 561. The lowest BCUT2D eigenvalue weighted by Crippen LogP contribution is -2.44. The molecule has 122 valence electrons. The van der Waals surface area contributed by atoms with Crippen LogP contribution in [0.15, 0.2) is 11.1 Å². The molecule has 3 rings (SSSR count). The minimum Gasteiger partial charge on any atom is -0.459 e. The quantitative estimate of drug-likeness (QED) is 0.751. The Labute approximate surface area is 130 Å². The first-order valence-electron chi connectivity index (χ1n) is 7.96. The lowest BCUT2D eigenvalue weighted by molar-refractivity contribution is -0.168. The summed E-state index contributed by atoms with van der Waals surface area (Å²) in [4.78, 5) is 23.5. The summed E-state index contributed by atoms with van der Waals surface area (Å²) in [6.45, 7) is 6.95. The largest absolute Gasteiger partial charge is 0.459 e. The third kappa shape index (κ3) is 2.26. The molecule has 0 spiro atoms. The molecule has 2 saturated carbocycles. The molecule has 22 heavy (non-hydrogen) atoms. The normalized spacial score (nSPS) is 44.2. The minimum atomic E-state index is -0.806. The molecule has 0 aromatic heterocycles. The summed E-state index contributed by atoms with van der Waals surface area (Å²) in [6.07, 6.45) is 2.27. The molecule has 0 saturated heterocycles. The number of esters is 2. The van der Waals surface area contributed by atoms with Gasteiger partial charge in [-0.15, -0.1) is 0 Å². The van der Waals surface area contributed by atoms with Crippen LogP contribution in [-0.4, -0.2) is 34.4 Å². The molecule has 0 unspecified atom stereocenters. The lowest BCUT2D eigenvalue weighted by Gasteiger charge is -2.38. The van der Waals surface area contributed by atoms with Gasteiger partial charge < -0.3 is 14.6 Å². The van der Waals surface area contributed by atoms with Gasteiger partial charge >= 0.3 is 11.9 Å². The standard InChI is InChI=1S/C17H24O5/c1-9-11-7-13-12(5-6-16(13,3)20)17(4,22-10(2)18)8-14(11)21-15(9)19/h12-14,20H,5-8H2,1-4H3/t12-,13-,14+,16-,17-/m1/s1. The van der Waals surface area contributed by atoms with E-state index in [-0.39, 0.29) is 29.9 Å². The van der Waals surface area contributed by atoms with E-state index in [1.54, 1.807) is 6.92 Å². The van der Waals surface area contributed by atoms with Gasteiger partial charge in [-0.25, -0.2) is 4.79 Å². The Morgan fingerprint density at radius 2 is 2.05 bits per heavy atom. The summed E-state index contributed by atoms with van der Waals surface area (Å²) in [5.74, 6) is -0.570. The molecule has 1 N–H and O–H groups in total. The van der Waals surface area contributed by atoms with E-state index in [1.807, 2.05) is 13.8 Å². The van der Waals surface area contributed by atoms with Crippen LogP contribution in [0.4, 0.5) is 0 Å². The van der Waals surface area contributed by atoms with Crippen molar-refractivity contribution in [2.24, 2.45) is 11.8 Å². The highest BCUT2D eigenvalue weighted by molar-refractivity contribution is 5.91. The van der Waals surface area contributed by atoms with Crippen LogP contribution < -0.4 is 0 Å². The monoisotopic (exact) mass is 308 g/mol. The van der Waals surface area contributed by atoms with Crippen molar-refractivity contribution in [1.29, 1.82) is 0 Å². The molecule has 3 aliphatic rings. The Balaban J connectivity index is 2.05. The molecule has 5 nitrogen and oxygen atoms in total. The average Bonchev–Trinajstić information content (AvgIpc) is 2.76. The summed E-state index contributed by atoms with van der Waals surface area (Å²) in [6, 6.07) is 0. The van der Waals surface area contributed by atoms with Crippen molar-refractivity contribution >= 4 is 11.9 Å². The molecular formula is C17H24O5. The molecular weight excluding hydrogens is 284 g/mol. The molecule has 0 aromatic rings. The summed E-state index contributed by atoms with van der Waals surface area (Å²) in [5, 5.41) is 10.8. The van der Waals surface area contributed by atoms with Gasteiger partial charge in [0.05, 0.1) is 5.60 Å². The summed E-state index contributed by atoms with van der Waals surface area (Å²) in [5.41, 5.74) is 0.102. The molecule has 5 atom stereocenters. The fourth-order valence-corrected chi connectivity index (χ4v) is 4.67. The second-order valence-electron chi connectivity index (χ2n) is 7.47. The van der Waals surface area contributed by atoms with Gasteiger partial charge in [-0.3, -0.25) is 4.79 Å². The van der Waals surface area contributed by atoms with Crippen LogP contribution >= 0.6 is 0 Å². The molecule has 5 heteroatoms. The number of aliphatic hydroxyl groups is 1. The summed E-state index contributed by atoms with van der Waals surface area (Å²) >= 11 is 0. The highest BCUT2D eigenvalue weighted by atomic mass is 16.6. The van der Waals surface area contributed by atoms with E-state index in [9.17, 15) is 14.7 Å². The van der Waals surface area contributed by atoms with Crippen LogP contribution in [0, 0.1) is 11.8 Å². The van der Waals surface area contributed by atoms with Crippen molar-refractivity contribution in [3.8, 4) is 0 Å². The minimum absolute atomic E-state index is 0.0266. The van der Waals surface area contributed by atoms with Crippen molar-refractivity contribution in [3.05, 3.63) is 11.1 Å². The van der Waals surface area contributed by atoms with Crippen LogP contribution in [-0.2, 0) is 19.1 Å². The highest BCUT2D eigenvalue weighted by Crippen LogP contribution is 2.54. The number of carbonyl (C=O) groups excluding carboxylic acids is 2. The maximum atomic E-state index is 11.9. The Kier molecular flexibility index (Phi) is 3.40. The number of carbonyl (C=O) groups is 2. The highest BCUT2D eigenvalue weighted by Gasteiger charge is 2.57. The van der Waals surface area contributed by atoms with Crippen molar-refractivity contribution < 1.29 is 24.2 Å². The molecule has 1 aliphatic heterocycles. The van der Waals surface area contributed by atoms with Crippen LogP contribution in [0.5, 0.6) is 0 Å². The Hall–Kier alpha value is -1.36. The summed E-state index contributed by atoms with van der Waals surface area (Å²) in [7, 11) is 0. The van der Waals surface area contributed by atoms with Crippen LogP contribution in [0.1, 0.15) is 53.4 Å². The first-order chi connectivity index (χ1) is 10.1.